The van der Waals surface area contributed by atoms with E-state index < -0.39 is 0 Å². The third kappa shape index (κ3) is 24.8. The molecule has 0 aliphatic rings. The van der Waals surface area contributed by atoms with Gasteiger partial charge in [-0.3, -0.25) is 0 Å². The molecule has 0 saturated heterocycles. The summed E-state index contributed by atoms with van der Waals surface area (Å²) in [6.45, 7) is 11.5. The zero-order valence-corrected chi connectivity index (χ0v) is 8.96. The second-order valence-electron chi connectivity index (χ2n) is 0.911. The molecule has 10 heavy (non-hydrogen) atoms. The van der Waals surface area contributed by atoms with Crippen LogP contribution in [-0.4, -0.2) is 17.6 Å². The van der Waals surface area contributed by atoms with Gasteiger partial charge in [0.25, 0.3) is 0 Å². The van der Waals surface area contributed by atoms with Crippen molar-refractivity contribution in [2.75, 3.05) is 13.3 Å². The van der Waals surface area contributed by atoms with Crippen LogP contribution in [0.5, 0.6) is 0 Å². The van der Waals surface area contributed by atoms with E-state index in [-0.39, 0.29) is 0 Å². The summed E-state index contributed by atoms with van der Waals surface area (Å²) in [7, 11) is 1.96. The molecule has 0 unspecified atom stereocenters. The highest BCUT2D eigenvalue weighted by atomic mass is 32.2. The Balaban J connectivity index is -0.000000105. The Hall–Kier alpha value is -0.110. The summed E-state index contributed by atoms with van der Waals surface area (Å²) < 4.78 is 1.93. The van der Waals surface area contributed by atoms with Crippen molar-refractivity contribution in [3.63, 3.8) is 0 Å². The van der Waals surface area contributed by atoms with E-state index >= 15 is 0 Å². The van der Waals surface area contributed by atoms with Gasteiger partial charge in [0.15, 0.2) is 0 Å². The maximum Gasteiger partial charge on any atom is 0.0176 e. The monoisotopic (exact) mass is 163 g/mol. The minimum Gasteiger partial charge on any atom is -0.327 e. The van der Waals surface area contributed by atoms with Crippen molar-refractivity contribution < 1.29 is 0 Å². The molecule has 0 aliphatic heterocycles. The molecule has 2 heteroatoms. The van der Waals surface area contributed by atoms with Crippen LogP contribution < -0.4 is 0 Å². The summed E-state index contributed by atoms with van der Waals surface area (Å²) in [6.07, 6.45) is 3.77. The van der Waals surface area contributed by atoms with E-state index in [0.29, 0.717) is 0 Å². The molecule has 0 bridgehead atoms. The molecule has 0 saturated carbocycles. The van der Waals surface area contributed by atoms with Gasteiger partial charge in [-0.15, -0.1) is 0 Å². The molecule has 0 rings (SSSR count). The molecule has 0 aromatic carbocycles. The maximum atomic E-state index is 3.54. The van der Waals surface area contributed by atoms with Crippen LogP contribution in [-0.2, 0) is 0 Å². The fourth-order valence-corrected chi connectivity index (χ4v) is 0.224. The fourth-order valence-electron chi connectivity index (χ4n) is 0.0745. The number of hydrogen-bond donors (Lipinski definition) is 0. The molecule has 0 spiro atoms. The Morgan fingerprint density at radius 1 is 1.20 bits per heavy atom. The Bertz CT molecular complexity index is 46.5. The quantitative estimate of drug-likeness (QED) is 0.574. The molecule has 0 fully saturated rings. The molecule has 0 radical (unpaired) electrons. The van der Waals surface area contributed by atoms with Gasteiger partial charge in [0.05, 0.1) is 0 Å². The van der Waals surface area contributed by atoms with E-state index in [2.05, 4.69) is 6.58 Å². The van der Waals surface area contributed by atoms with E-state index in [1.807, 2.05) is 45.3 Å². The second kappa shape index (κ2) is 23.1. The average molecular weight is 163 g/mol. The van der Waals surface area contributed by atoms with Crippen LogP contribution >= 0.6 is 11.9 Å². The Kier molecular flexibility index (Phi) is 38.1. The molecular weight excluding hydrogens is 142 g/mol. The van der Waals surface area contributed by atoms with Crippen LogP contribution in [0.25, 0.3) is 0 Å². The van der Waals surface area contributed by atoms with Gasteiger partial charge in [-0.05, 0) is 0 Å². The summed E-state index contributed by atoms with van der Waals surface area (Å²) >= 11 is 1.64. The summed E-state index contributed by atoms with van der Waals surface area (Å²) in [4.78, 5) is 0. The minimum atomic E-state index is 1.64. The van der Waals surface area contributed by atoms with Crippen LogP contribution in [0.2, 0.25) is 0 Å². The van der Waals surface area contributed by atoms with Crippen molar-refractivity contribution in [1.82, 2.24) is 4.31 Å². The molecule has 0 amide bonds. The molecule has 0 aliphatic carbocycles. The molecule has 1 nitrogen and oxygen atoms in total. The van der Waals surface area contributed by atoms with Crippen molar-refractivity contribution >= 4 is 11.9 Å². The maximum absolute atomic E-state index is 3.54. The third-order valence-electron chi connectivity index (χ3n) is 0.545. The van der Waals surface area contributed by atoms with Gasteiger partial charge in [0.2, 0.25) is 0 Å². The van der Waals surface area contributed by atoms with Gasteiger partial charge < -0.3 is 4.31 Å². The topological polar surface area (TPSA) is 3.24 Å². The number of rotatable bonds is 2. The molecule has 0 atom stereocenters. The van der Waals surface area contributed by atoms with E-state index in [1.54, 1.807) is 18.1 Å². The molecule has 0 aromatic rings. The normalized spacial score (nSPS) is 5.80. The van der Waals surface area contributed by atoms with Gasteiger partial charge in [-0.1, -0.05) is 46.2 Å². The third-order valence-corrected chi connectivity index (χ3v) is 1.27. The van der Waals surface area contributed by atoms with E-state index in [0.717, 1.165) is 0 Å². The highest BCUT2D eigenvalue weighted by Crippen LogP contribution is 1.97. The lowest BCUT2D eigenvalue weighted by Gasteiger charge is -2.04. The number of nitrogens with zero attached hydrogens (tertiary/aromatic N) is 1. The van der Waals surface area contributed by atoms with Crippen molar-refractivity contribution in [1.29, 1.82) is 0 Å². The summed E-state index contributed by atoms with van der Waals surface area (Å²) in [6, 6.07) is 0. The minimum absolute atomic E-state index is 1.64. The summed E-state index contributed by atoms with van der Waals surface area (Å²) in [5, 5.41) is 0. The van der Waals surface area contributed by atoms with Crippen molar-refractivity contribution in [3.8, 4) is 0 Å². The zero-order chi connectivity index (χ0) is 8.99. The average Bonchev–Trinajstić information content (AvgIpc) is 2.10. The van der Waals surface area contributed by atoms with E-state index in [1.165, 1.54) is 0 Å². The van der Waals surface area contributed by atoms with Crippen LogP contribution in [0.4, 0.5) is 0 Å². The first kappa shape index (κ1) is 16.5. The van der Waals surface area contributed by atoms with Gasteiger partial charge in [0, 0.05) is 19.5 Å². The Morgan fingerprint density at radius 3 is 1.50 bits per heavy atom. The first-order valence-electron chi connectivity index (χ1n) is 3.70. The molecule has 64 valence electrons. The zero-order valence-electron chi connectivity index (χ0n) is 8.14. The summed E-state index contributed by atoms with van der Waals surface area (Å²) in [5.74, 6) is 0. The standard InChI is InChI=1S/C4H9NS.2C2H6/c1-4-5(2)6-3;2*1-2/h4H,1H2,2-3H3;2*1-2H3. The predicted octanol–water partition coefficient (Wildman–Crippen LogP) is 3.39. The van der Waals surface area contributed by atoms with Crippen LogP contribution in [0.1, 0.15) is 27.7 Å². The lowest BCUT2D eigenvalue weighted by molar-refractivity contribution is 0.781. The van der Waals surface area contributed by atoms with Gasteiger partial charge in [-0.2, -0.15) is 0 Å². The molecule has 0 heterocycles. The first-order valence-corrected chi connectivity index (χ1v) is 4.89. The highest BCUT2D eigenvalue weighted by molar-refractivity contribution is 7.96. The van der Waals surface area contributed by atoms with Crippen LogP contribution in [0.15, 0.2) is 12.8 Å². The van der Waals surface area contributed by atoms with E-state index in [4.69, 9.17) is 0 Å². The van der Waals surface area contributed by atoms with Crippen molar-refractivity contribution in [3.05, 3.63) is 12.8 Å². The number of hydrogen-bond acceptors (Lipinski definition) is 2. The Morgan fingerprint density at radius 2 is 1.50 bits per heavy atom. The first-order chi connectivity index (χ1) is 4.81. The van der Waals surface area contributed by atoms with Crippen molar-refractivity contribution in [2.24, 2.45) is 0 Å². The van der Waals surface area contributed by atoms with Crippen LogP contribution in [0.3, 0.4) is 0 Å². The van der Waals surface area contributed by atoms with E-state index in [9.17, 15) is 0 Å². The summed E-state index contributed by atoms with van der Waals surface area (Å²) in [5.41, 5.74) is 0. The van der Waals surface area contributed by atoms with Gasteiger partial charge in [-0.25, -0.2) is 0 Å². The van der Waals surface area contributed by atoms with Crippen LogP contribution in [0, 0.1) is 0 Å². The molecular formula is C8H21NS. The Labute approximate surface area is 70.6 Å². The predicted molar refractivity (Wildman–Crippen MR) is 54.2 cm³/mol. The fraction of sp³-hybridized carbons (Fsp3) is 0.750. The molecule has 0 N–H and O–H groups in total. The largest absolute Gasteiger partial charge is 0.327 e. The molecule has 0 aromatic heterocycles. The lowest BCUT2D eigenvalue weighted by Crippen LogP contribution is -1.93. The highest BCUT2D eigenvalue weighted by Gasteiger charge is 1.75. The smallest absolute Gasteiger partial charge is 0.0176 e. The SMILES string of the molecule is C=CN(C)SC.CC.CC. The second-order valence-corrected chi connectivity index (χ2v) is 1.85. The van der Waals surface area contributed by atoms with Gasteiger partial charge in [0.1, 0.15) is 0 Å². The lowest BCUT2D eigenvalue weighted by atomic mass is 11.0. The van der Waals surface area contributed by atoms with Gasteiger partial charge >= 0.3 is 0 Å². The van der Waals surface area contributed by atoms with Crippen molar-refractivity contribution in [2.45, 2.75) is 27.7 Å².